The van der Waals surface area contributed by atoms with Gasteiger partial charge in [-0.1, -0.05) is 12.1 Å². The zero-order valence-corrected chi connectivity index (χ0v) is 12.0. The van der Waals surface area contributed by atoms with E-state index in [1.54, 1.807) is 0 Å². The minimum Gasteiger partial charge on any atom is -0.487 e. The van der Waals surface area contributed by atoms with Crippen molar-refractivity contribution in [2.75, 3.05) is 11.5 Å². The second kappa shape index (κ2) is 5.35. The summed E-state index contributed by atoms with van der Waals surface area (Å²) in [6, 6.07) is 8.23. The maximum Gasteiger partial charge on any atom is 0.156 e. The van der Waals surface area contributed by atoms with Crippen molar-refractivity contribution in [1.82, 2.24) is 5.32 Å². The fourth-order valence-electron chi connectivity index (χ4n) is 2.32. The highest BCUT2D eigenvalue weighted by Gasteiger charge is 2.38. The molecule has 0 spiro atoms. The van der Waals surface area contributed by atoms with Crippen LogP contribution in [0.25, 0.3) is 0 Å². The van der Waals surface area contributed by atoms with Crippen molar-refractivity contribution in [3.63, 3.8) is 0 Å². The predicted octanol–water partition coefficient (Wildman–Crippen LogP) is 0.475. The Balaban J connectivity index is 1.57. The van der Waals surface area contributed by atoms with Crippen molar-refractivity contribution >= 4 is 9.84 Å². The van der Waals surface area contributed by atoms with E-state index in [0.717, 1.165) is 6.54 Å². The smallest absolute Gasteiger partial charge is 0.156 e. The molecule has 110 valence electrons. The van der Waals surface area contributed by atoms with Gasteiger partial charge in [0.1, 0.15) is 18.0 Å². The molecule has 1 saturated heterocycles. The SMILES string of the molecule is O=S1(=O)CC(O)C(Oc2ccc(CNC3CC3)cc2)C1. The summed E-state index contributed by atoms with van der Waals surface area (Å²) in [5.41, 5.74) is 1.17. The molecule has 0 aromatic heterocycles. The molecule has 1 saturated carbocycles. The van der Waals surface area contributed by atoms with Gasteiger partial charge in [-0.05, 0) is 30.5 Å². The molecule has 0 amide bonds. The van der Waals surface area contributed by atoms with Gasteiger partial charge in [-0.15, -0.1) is 0 Å². The molecule has 1 aliphatic carbocycles. The highest BCUT2D eigenvalue weighted by atomic mass is 32.2. The first-order valence-electron chi connectivity index (χ1n) is 6.89. The number of rotatable bonds is 5. The molecule has 1 heterocycles. The lowest BCUT2D eigenvalue weighted by atomic mass is 10.2. The van der Waals surface area contributed by atoms with Gasteiger partial charge >= 0.3 is 0 Å². The Morgan fingerprint density at radius 3 is 2.45 bits per heavy atom. The van der Waals surface area contributed by atoms with Crippen molar-refractivity contribution in [1.29, 1.82) is 0 Å². The quantitative estimate of drug-likeness (QED) is 0.826. The van der Waals surface area contributed by atoms with E-state index in [1.807, 2.05) is 24.3 Å². The third kappa shape index (κ3) is 3.50. The van der Waals surface area contributed by atoms with Gasteiger partial charge in [0.25, 0.3) is 0 Å². The fourth-order valence-corrected chi connectivity index (χ4v) is 3.98. The third-order valence-electron chi connectivity index (χ3n) is 3.66. The number of ether oxygens (including phenoxy) is 1. The minimum atomic E-state index is -3.17. The van der Waals surface area contributed by atoms with Crippen LogP contribution in [-0.4, -0.2) is 43.3 Å². The van der Waals surface area contributed by atoms with Gasteiger partial charge in [-0.3, -0.25) is 0 Å². The Hall–Kier alpha value is -1.11. The standard InChI is InChI=1S/C14H19NO4S/c16-13-8-20(17,18)9-14(13)19-12-5-1-10(2-6-12)7-15-11-3-4-11/h1-2,5-6,11,13-16H,3-4,7-9H2. The van der Waals surface area contributed by atoms with Gasteiger partial charge in [0.05, 0.1) is 11.5 Å². The van der Waals surface area contributed by atoms with Crippen molar-refractivity contribution in [2.45, 2.75) is 37.6 Å². The van der Waals surface area contributed by atoms with Crippen LogP contribution in [0, 0.1) is 0 Å². The van der Waals surface area contributed by atoms with Crippen molar-refractivity contribution in [3.05, 3.63) is 29.8 Å². The second-order valence-electron chi connectivity index (χ2n) is 5.60. The molecule has 3 rings (SSSR count). The van der Waals surface area contributed by atoms with E-state index >= 15 is 0 Å². The molecule has 1 aromatic carbocycles. The number of sulfone groups is 1. The second-order valence-corrected chi connectivity index (χ2v) is 7.75. The lowest BCUT2D eigenvalue weighted by molar-refractivity contribution is 0.0738. The van der Waals surface area contributed by atoms with Crippen LogP contribution in [0.1, 0.15) is 18.4 Å². The van der Waals surface area contributed by atoms with Gasteiger partial charge < -0.3 is 15.2 Å². The van der Waals surface area contributed by atoms with E-state index in [2.05, 4.69) is 5.32 Å². The first-order valence-corrected chi connectivity index (χ1v) is 8.71. The number of aliphatic hydroxyl groups is 1. The van der Waals surface area contributed by atoms with E-state index in [1.165, 1.54) is 18.4 Å². The van der Waals surface area contributed by atoms with Crippen LogP contribution in [-0.2, 0) is 16.4 Å². The molecule has 6 heteroatoms. The number of benzene rings is 1. The van der Waals surface area contributed by atoms with Gasteiger partial charge in [-0.2, -0.15) is 0 Å². The molecule has 1 aliphatic heterocycles. The topological polar surface area (TPSA) is 75.6 Å². The molecule has 20 heavy (non-hydrogen) atoms. The summed E-state index contributed by atoms with van der Waals surface area (Å²) >= 11 is 0. The summed E-state index contributed by atoms with van der Waals surface area (Å²) < 4.78 is 28.4. The highest BCUT2D eigenvalue weighted by Crippen LogP contribution is 2.22. The van der Waals surface area contributed by atoms with Crippen LogP contribution in [0.4, 0.5) is 0 Å². The normalized spacial score (nSPS) is 28.4. The highest BCUT2D eigenvalue weighted by molar-refractivity contribution is 7.91. The summed E-state index contributed by atoms with van der Waals surface area (Å²) in [5.74, 6) is 0.279. The Labute approximate surface area is 118 Å². The average molecular weight is 297 g/mol. The number of hydrogen-bond donors (Lipinski definition) is 2. The molecule has 2 atom stereocenters. The molecule has 2 unspecified atom stereocenters. The number of aliphatic hydroxyl groups excluding tert-OH is 1. The number of hydrogen-bond acceptors (Lipinski definition) is 5. The van der Waals surface area contributed by atoms with Crippen molar-refractivity contribution < 1.29 is 18.3 Å². The predicted molar refractivity (Wildman–Crippen MR) is 75.4 cm³/mol. The molecule has 0 radical (unpaired) electrons. The summed E-state index contributed by atoms with van der Waals surface area (Å²) in [6.07, 6.45) is 0.927. The zero-order chi connectivity index (χ0) is 14.2. The average Bonchev–Trinajstić information content (AvgIpc) is 3.16. The fraction of sp³-hybridized carbons (Fsp3) is 0.571. The molecule has 2 fully saturated rings. The maximum atomic E-state index is 11.4. The van der Waals surface area contributed by atoms with Gasteiger partial charge in [0.2, 0.25) is 0 Å². The third-order valence-corrected chi connectivity index (χ3v) is 5.34. The van der Waals surface area contributed by atoms with Crippen LogP contribution in [0.2, 0.25) is 0 Å². The first-order chi connectivity index (χ1) is 9.52. The van der Waals surface area contributed by atoms with E-state index in [4.69, 9.17) is 4.74 Å². The molecule has 2 N–H and O–H groups in total. The van der Waals surface area contributed by atoms with Crippen LogP contribution in [0.3, 0.4) is 0 Å². The molecule has 0 bridgehead atoms. The Kier molecular flexibility index (Phi) is 3.70. The van der Waals surface area contributed by atoms with Crippen LogP contribution in [0.15, 0.2) is 24.3 Å². The summed E-state index contributed by atoms with van der Waals surface area (Å²) in [5, 5.41) is 13.1. The lowest BCUT2D eigenvalue weighted by Crippen LogP contribution is -2.29. The summed E-state index contributed by atoms with van der Waals surface area (Å²) in [4.78, 5) is 0. The summed E-state index contributed by atoms with van der Waals surface area (Å²) in [7, 11) is -3.17. The zero-order valence-electron chi connectivity index (χ0n) is 11.2. The summed E-state index contributed by atoms with van der Waals surface area (Å²) in [6.45, 7) is 0.839. The monoisotopic (exact) mass is 297 g/mol. The van der Waals surface area contributed by atoms with Crippen LogP contribution >= 0.6 is 0 Å². The largest absolute Gasteiger partial charge is 0.487 e. The number of nitrogens with one attached hydrogen (secondary N) is 1. The van der Waals surface area contributed by atoms with Gasteiger partial charge in [0, 0.05) is 12.6 Å². The van der Waals surface area contributed by atoms with E-state index in [-0.39, 0.29) is 11.5 Å². The van der Waals surface area contributed by atoms with Crippen molar-refractivity contribution in [2.24, 2.45) is 0 Å². The lowest BCUT2D eigenvalue weighted by Gasteiger charge is -2.15. The van der Waals surface area contributed by atoms with Crippen molar-refractivity contribution in [3.8, 4) is 5.75 Å². The molecule has 5 nitrogen and oxygen atoms in total. The van der Waals surface area contributed by atoms with Gasteiger partial charge in [0.15, 0.2) is 9.84 Å². The molecular weight excluding hydrogens is 278 g/mol. The van der Waals surface area contributed by atoms with E-state index < -0.39 is 22.0 Å². The van der Waals surface area contributed by atoms with Gasteiger partial charge in [-0.25, -0.2) is 8.42 Å². The van der Waals surface area contributed by atoms with E-state index in [0.29, 0.717) is 11.8 Å². The van der Waals surface area contributed by atoms with Crippen LogP contribution < -0.4 is 10.1 Å². The Morgan fingerprint density at radius 1 is 1.20 bits per heavy atom. The minimum absolute atomic E-state index is 0.112. The molecule has 1 aromatic rings. The Bertz CT molecular complexity index is 565. The van der Waals surface area contributed by atoms with Crippen LogP contribution in [0.5, 0.6) is 5.75 Å². The molecule has 2 aliphatic rings. The first kappa shape index (κ1) is 13.9. The molecular formula is C14H19NO4S. The maximum absolute atomic E-state index is 11.4. The Morgan fingerprint density at radius 2 is 1.90 bits per heavy atom. The van der Waals surface area contributed by atoms with E-state index in [9.17, 15) is 13.5 Å².